The van der Waals surface area contributed by atoms with Crippen LogP contribution in [0.2, 0.25) is 0 Å². The molecule has 2 aromatic heterocycles. The molecule has 1 fully saturated rings. The first-order valence-electron chi connectivity index (χ1n) is 10.6. The zero-order valence-corrected chi connectivity index (χ0v) is 20.9. The molecule has 6 atom stereocenters. The van der Waals surface area contributed by atoms with Crippen molar-refractivity contribution in [3.05, 3.63) is 6.33 Å². The Labute approximate surface area is 196 Å². The Hall–Kier alpha value is -2.38. The number of ether oxygens (including phenoxy) is 2. The van der Waals surface area contributed by atoms with E-state index in [4.69, 9.17) is 19.7 Å². The van der Waals surface area contributed by atoms with Crippen molar-refractivity contribution in [3.8, 4) is 0 Å². The van der Waals surface area contributed by atoms with E-state index in [1.807, 2.05) is 0 Å². The second-order valence-corrected chi connectivity index (χ2v) is 9.91. The van der Waals surface area contributed by atoms with E-state index in [0.29, 0.717) is 11.3 Å². The van der Waals surface area contributed by atoms with Crippen LogP contribution in [-0.2, 0) is 23.4 Å². The number of alkyl halides is 1. The molecule has 4 N–H and O–H groups in total. The van der Waals surface area contributed by atoms with E-state index in [9.17, 15) is 14.5 Å². The minimum absolute atomic E-state index is 0.0345. The van der Waals surface area contributed by atoms with Crippen LogP contribution >= 0.6 is 8.18 Å². The highest BCUT2D eigenvalue weighted by molar-refractivity contribution is 7.36. The van der Waals surface area contributed by atoms with E-state index in [2.05, 4.69) is 20.0 Å². The Balaban J connectivity index is 1.73. The maximum absolute atomic E-state index is 15.2. The molecule has 15 heteroatoms. The van der Waals surface area contributed by atoms with Gasteiger partial charge < -0.3 is 29.7 Å². The van der Waals surface area contributed by atoms with Gasteiger partial charge in [-0.15, -0.1) is 0 Å². The number of hydrogen-bond acceptors (Lipinski definition) is 11. The molecular formula is C19H31FN7O6P. The van der Waals surface area contributed by atoms with Crippen molar-refractivity contribution in [2.24, 2.45) is 0 Å². The number of imidazole rings is 1. The van der Waals surface area contributed by atoms with E-state index in [1.165, 1.54) is 24.7 Å². The predicted octanol–water partition coefficient (Wildman–Crippen LogP) is 0.797. The first kappa shape index (κ1) is 26.2. The van der Waals surface area contributed by atoms with Gasteiger partial charge >= 0.3 is 5.97 Å². The Bertz CT molecular complexity index is 1070. The first-order chi connectivity index (χ1) is 15.8. The summed E-state index contributed by atoms with van der Waals surface area (Å²) >= 11 is 0. The lowest BCUT2D eigenvalue weighted by Crippen LogP contribution is -2.43. The maximum atomic E-state index is 15.2. The number of nitrogens with zero attached hydrogens (tertiary/aromatic N) is 5. The monoisotopic (exact) mass is 503 g/mol. The number of nitrogens with one attached hydrogen (secondary N) is 1. The minimum Gasteiger partial charge on any atom is -0.462 e. The molecule has 2 aromatic rings. The number of nitrogen functional groups attached to an aromatic ring is 1. The third-order valence-corrected chi connectivity index (χ3v) is 6.31. The van der Waals surface area contributed by atoms with Crippen LogP contribution in [0, 0.1) is 0 Å². The summed E-state index contributed by atoms with van der Waals surface area (Å²) in [5.74, 6) is -0.182. The quantitative estimate of drug-likeness (QED) is 0.326. The number of aliphatic hydroxyl groups is 1. The molecule has 0 radical (unpaired) electrons. The van der Waals surface area contributed by atoms with E-state index in [-0.39, 0.29) is 17.7 Å². The van der Waals surface area contributed by atoms with Crippen LogP contribution < -0.4 is 15.7 Å². The van der Waals surface area contributed by atoms with Gasteiger partial charge in [-0.1, -0.05) is 0 Å². The van der Waals surface area contributed by atoms with Crippen LogP contribution in [0.15, 0.2) is 6.33 Å². The number of rotatable bonds is 9. The largest absolute Gasteiger partial charge is 0.462 e. The Morgan fingerprint density at radius 2 is 2.12 bits per heavy atom. The van der Waals surface area contributed by atoms with Gasteiger partial charge in [0, 0.05) is 14.1 Å². The van der Waals surface area contributed by atoms with Crippen LogP contribution in [-0.4, -0.2) is 81.3 Å². The third-order valence-electron chi connectivity index (χ3n) is 5.24. The topological polar surface area (TPSA) is 167 Å². The molecule has 1 unspecified atom stereocenters. The number of aromatic nitrogens is 4. The lowest BCUT2D eigenvalue weighted by atomic mass is 9.99. The number of halogens is 1. The fourth-order valence-electron chi connectivity index (χ4n) is 3.47. The molecule has 3 rings (SSSR count). The number of hydrogen-bond donors (Lipinski definition) is 3. The average molecular weight is 503 g/mol. The van der Waals surface area contributed by atoms with Gasteiger partial charge in [0.1, 0.15) is 17.7 Å². The maximum Gasteiger partial charge on any atom is 0.323 e. The molecular weight excluding hydrogens is 472 g/mol. The van der Waals surface area contributed by atoms with Gasteiger partial charge in [0.15, 0.2) is 29.4 Å². The van der Waals surface area contributed by atoms with Crippen molar-refractivity contribution >= 4 is 37.1 Å². The molecule has 0 spiro atoms. The summed E-state index contributed by atoms with van der Waals surface area (Å²) < 4.78 is 45.0. The van der Waals surface area contributed by atoms with E-state index in [1.54, 1.807) is 32.8 Å². The molecule has 0 aliphatic carbocycles. The predicted molar refractivity (Wildman–Crippen MR) is 122 cm³/mol. The lowest BCUT2D eigenvalue weighted by Gasteiger charge is -2.27. The van der Waals surface area contributed by atoms with E-state index < -0.39 is 50.9 Å². The van der Waals surface area contributed by atoms with Gasteiger partial charge in [-0.3, -0.25) is 13.9 Å². The van der Waals surface area contributed by atoms with Crippen LogP contribution in [0.5, 0.6) is 0 Å². The Kier molecular flexibility index (Phi) is 7.78. The summed E-state index contributed by atoms with van der Waals surface area (Å²) in [5.41, 5.74) is 4.87. The van der Waals surface area contributed by atoms with Gasteiger partial charge in [0.05, 0.1) is 19.0 Å². The molecule has 0 aromatic carbocycles. The van der Waals surface area contributed by atoms with Gasteiger partial charge in [0.2, 0.25) is 5.95 Å². The fourth-order valence-corrected chi connectivity index (χ4v) is 4.44. The Morgan fingerprint density at radius 1 is 1.44 bits per heavy atom. The molecule has 0 bridgehead atoms. The number of fused-ring (bicyclic) bond motifs is 1. The second-order valence-electron chi connectivity index (χ2n) is 8.76. The third kappa shape index (κ3) is 5.31. The average Bonchev–Trinajstić information content (AvgIpc) is 3.25. The van der Waals surface area contributed by atoms with Crippen LogP contribution in [0.3, 0.4) is 0 Å². The summed E-state index contributed by atoms with van der Waals surface area (Å²) in [5, 5.41) is 13.1. The molecule has 0 amide bonds. The molecule has 13 nitrogen and oxygen atoms in total. The van der Waals surface area contributed by atoms with E-state index in [0.717, 1.165) is 0 Å². The number of anilines is 2. The Morgan fingerprint density at radius 3 is 2.74 bits per heavy atom. The number of aliphatic hydroxyl groups excluding tert-OH is 1. The summed E-state index contributed by atoms with van der Waals surface area (Å²) in [6.45, 7) is 5.89. The van der Waals surface area contributed by atoms with E-state index >= 15 is 4.39 Å². The normalized spacial score (nSPS) is 26.7. The zero-order valence-electron chi connectivity index (χ0n) is 19.9. The van der Waals surface area contributed by atoms with Gasteiger partial charge in [-0.05, 0) is 27.7 Å². The summed E-state index contributed by atoms with van der Waals surface area (Å²) in [6.07, 6.45) is -3.78. The fraction of sp³-hybridized carbons (Fsp3) is 0.684. The minimum atomic E-state index is -2.94. The van der Waals surface area contributed by atoms with Gasteiger partial charge in [-0.25, -0.2) is 14.5 Å². The van der Waals surface area contributed by atoms with Crippen molar-refractivity contribution in [1.82, 2.24) is 24.6 Å². The molecule has 1 aliphatic heterocycles. The van der Waals surface area contributed by atoms with Crippen molar-refractivity contribution in [1.29, 1.82) is 0 Å². The smallest absolute Gasteiger partial charge is 0.323 e. The highest BCUT2D eigenvalue weighted by Gasteiger charge is 2.54. The standard InChI is InChI=1S/C19H31FN7O6P/c1-9(2)32-17(29)10(3)25-34(30)31-7-19(4)13(28)11(20)16(33-19)27-8-22-12-14(26(5)6)23-18(21)24-15(12)27/h8-11,13,16,28,34H,7H2,1-6H3,(H,25,30)(H2,21,23,24)/t10-,11+,13-,16+,19+/m0/s1. The number of carbonyl (C=O) groups is 1. The summed E-state index contributed by atoms with van der Waals surface area (Å²) in [7, 11) is 0.569. The summed E-state index contributed by atoms with van der Waals surface area (Å²) in [6, 6.07) is -0.883. The second kappa shape index (κ2) is 10.1. The molecule has 190 valence electrons. The van der Waals surface area contributed by atoms with Crippen molar-refractivity contribution in [2.75, 3.05) is 31.3 Å². The van der Waals surface area contributed by atoms with Crippen molar-refractivity contribution in [3.63, 3.8) is 0 Å². The zero-order chi connectivity index (χ0) is 25.4. The molecule has 1 aliphatic rings. The highest BCUT2D eigenvalue weighted by Crippen LogP contribution is 2.41. The van der Waals surface area contributed by atoms with Crippen LogP contribution in [0.1, 0.15) is 33.9 Å². The van der Waals surface area contributed by atoms with Crippen molar-refractivity contribution in [2.45, 2.75) is 63.9 Å². The van der Waals surface area contributed by atoms with Crippen molar-refractivity contribution < 1.29 is 32.9 Å². The number of carbonyl (C=O) groups excluding carboxylic acids is 1. The van der Waals surface area contributed by atoms with Gasteiger partial charge in [-0.2, -0.15) is 9.97 Å². The van der Waals surface area contributed by atoms with Crippen LogP contribution in [0.4, 0.5) is 16.2 Å². The number of nitrogens with two attached hydrogens (primary N) is 1. The summed E-state index contributed by atoms with van der Waals surface area (Å²) in [4.78, 5) is 26.1. The molecule has 3 heterocycles. The number of esters is 1. The van der Waals surface area contributed by atoms with Crippen LogP contribution in [0.25, 0.3) is 11.2 Å². The molecule has 34 heavy (non-hydrogen) atoms. The molecule has 1 saturated heterocycles. The molecule has 0 saturated carbocycles. The SMILES string of the molecule is CC(C)OC(=O)[C@H](C)N[PH](=O)OC[C@@]1(C)O[C@@H](n2cnc3c(N(C)C)nc(N)nc32)[C@H](F)[C@@H]1O. The lowest BCUT2D eigenvalue weighted by molar-refractivity contribution is -0.149. The van der Waals surface area contributed by atoms with Gasteiger partial charge in [0.25, 0.3) is 8.18 Å². The highest BCUT2D eigenvalue weighted by atomic mass is 31.1. The first-order valence-corrected chi connectivity index (χ1v) is 12.0.